The third-order valence-electron chi connectivity index (χ3n) is 1.67. The molecule has 2 N–H and O–H groups in total. The van der Waals surface area contributed by atoms with Gasteiger partial charge in [0.25, 0.3) is 5.91 Å². The minimum absolute atomic E-state index is 0.0399. The number of aliphatic carboxylic acids is 1. The summed E-state index contributed by atoms with van der Waals surface area (Å²) < 4.78 is 4.65. The van der Waals surface area contributed by atoms with E-state index in [0.29, 0.717) is 5.56 Å². The van der Waals surface area contributed by atoms with Crippen molar-refractivity contribution in [1.82, 2.24) is 10.5 Å². The second kappa shape index (κ2) is 3.91. The zero-order chi connectivity index (χ0) is 10.7. The van der Waals surface area contributed by atoms with Gasteiger partial charge in [0.15, 0.2) is 0 Å². The second-order valence-corrected chi connectivity index (χ2v) is 2.87. The second-order valence-electron chi connectivity index (χ2n) is 2.87. The number of carbonyl (C=O) groups is 2. The monoisotopic (exact) mass is 198 g/mol. The molecule has 0 aliphatic carbocycles. The fourth-order valence-corrected chi connectivity index (χ4v) is 0.833. The molecule has 0 aliphatic heterocycles. The van der Waals surface area contributed by atoms with Gasteiger partial charge in [-0.15, -0.1) is 0 Å². The quantitative estimate of drug-likeness (QED) is 0.723. The van der Waals surface area contributed by atoms with Gasteiger partial charge >= 0.3 is 5.97 Å². The van der Waals surface area contributed by atoms with E-state index in [0.717, 1.165) is 0 Å². The summed E-state index contributed by atoms with van der Waals surface area (Å²) in [6, 6.07) is -0.952. The molecule has 0 saturated heterocycles. The maximum absolute atomic E-state index is 11.3. The van der Waals surface area contributed by atoms with Crippen LogP contribution in [0.25, 0.3) is 0 Å². The van der Waals surface area contributed by atoms with E-state index < -0.39 is 17.9 Å². The molecule has 0 fully saturated rings. The summed E-state index contributed by atoms with van der Waals surface area (Å²) in [5.74, 6) is -1.64. The minimum atomic E-state index is -1.10. The number of rotatable bonds is 3. The number of aryl methyl sites for hydroxylation is 1. The number of nitrogens with one attached hydrogen (secondary N) is 1. The standard InChI is InChI=1S/C8H10N2O4/c1-4-3-9-14-6(4)7(11)10-5(2)8(12)13/h3,5H,1-2H3,(H,10,11)(H,12,13). The molecule has 1 heterocycles. The summed E-state index contributed by atoms with van der Waals surface area (Å²) in [5, 5.41) is 14.2. The van der Waals surface area contributed by atoms with E-state index in [9.17, 15) is 9.59 Å². The van der Waals surface area contributed by atoms with Gasteiger partial charge < -0.3 is 14.9 Å². The van der Waals surface area contributed by atoms with Crippen LogP contribution in [-0.4, -0.2) is 28.2 Å². The Labute approximate surface area is 79.9 Å². The first kappa shape index (κ1) is 10.2. The number of hydrogen-bond donors (Lipinski definition) is 2. The fourth-order valence-electron chi connectivity index (χ4n) is 0.833. The van der Waals surface area contributed by atoms with Crippen molar-refractivity contribution in [3.8, 4) is 0 Å². The van der Waals surface area contributed by atoms with Crippen molar-refractivity contribution in [1.29, 1.82) is 0 Å². The van der Waals surface area contributed by atoms with E-state index in [2.05, 4.69) is 15.0 Å². The van der Waals surface area contributed by atoms with Crippen molar-refractivity contribution in [2.24, 2.45) is 0 Å². The molecule has 1 amide bonds. The summed E-state index contributed by atoms with van der Waals surface area (Å²) in [6.07, 6.45) is 1.39. The molecule has 14 heavy (non-hydrogen) atoms. The van der Waals surface area contributed by atoms with Crippen LogP contribution < -0.4 is 5.32 Å². The molecule has 76 valence electrons. The van der Waals surface area contributed by atoms with Crippen molar-refractivity contribution in [3.63, 3.8) is 0 Å². The molecule has 1 rings (SSSR count). The topological polar surface area (TPSA) is 92.4 Å². The van der Waals surface area contributed by atoms with E-state index in [1.807, 2.05) is 0 Å². The molecule has 0 aliphatic rings. The van der Waals surface area contributed by atoms with E-state index in [-0.39, 0.29) is 5.76 Å². The predicted octanol–water partition coefficient (Wildman–Crippen LogP) is 0.186. The van der Waals surface area contributed by atoms with Gasteiger partial charge in [-0.1, -0.05) is 5.16 Å². The molecular formula is C8H10N2O4. The van der Waals surface area contributed by atoms with Crippen molar-refractivity contribution >= 4 is 11.9 Å². The SMILES string of the molecule is Cc1cnoc1C(=O)NC(C)C(=O)O. The highest BCUT2D eigenvalue weighted by Crippen LogP contribution is 2.05. The third kappa shape index (κ3) is 2.09. The van der Waals surface area contributed by atoms with Gasteiger partial charge in [-0.3, -0.25) is 9.59 Å². The lowest BCUT2D eigenvalue weighted by Gasteiger charge is -2.06. The van der Waals surface area contributed by atoms with Crippen LogP contribution in [0.3, 0.4) is 0 Å². The van der Waals surface area contributed by atoms with Crippen LogP contribution in [0.4, 0.5) is 0 Å². The smallest absolute Gasteiger partial charge is 0.325 e. The van der Waals surface area contributed by atoms with Gasteiger partial charge in [0.1, 0.15) is 6.04 Å². The Kier molecular flexibility index (Phi) is 2.85. The van der Waals surface area contributed by atoms with Gasteiger partial charge in [-0.25, -0.2) is 0 Å². The van der Waals surface area contributed by atoms with E-state index in [1.165, 1.54) is 13.1 Å². The lowest BCUT2D eigenvalue weighted by Crippen LogP contribution is -2.38. The molecule has 1 aromatic heterocycles. The van der Waals surface area contributed by atoms with Crippen LogP contribution in [0.2, 0.25) is 0 Å². The first-order chi connectivity index (χ1) is 6.52. The van der Waals surface area contributed by atoms with Gasteiger partial charge in [0, 0.05) is 5.56 Å². The maximum Gasteiger partial charge on any atom is 0.325 e. The number of amides is 1. The predicted molar refractivity (Wildman–Crippen MR) is 45.8 cm³/mol. The molecule has 1 unspecified atom stereocenters. The summed E-state index contributed by atoms with van der Waals surface area (Å²) >= 11 is 0. The molecule has 0 aromatic carbocycles. The molecule has 1 aromatic rings. The molecular weight excluding hydrogens is 188 g/mol. The third-order valence-corrected chi connectivity index (χ3v) is 1.67. The van der Waals surface area contributed by atoms with Crippen LogP contribution >= 0.6 is 0 Å². The van der Waals surface area contributed by atoms with Crippen LogP contribution in [-0.2, 0) is 4.79 Å². The minimum Gasteiger partial charge on any atom is -0.480 e. The average Bonchev–Trinajstić information content (AvgIpc) is 2.51. The number of carboxylic acid groups (broad SMARTS) is 1. The van der Waals surface area contributed by atoms with Gasteiger partial charge in [-0.2, -0.15) is 0 Å². The number of nitrogens with zero attached hydrogens (tertiary/aromatic N) is 1. The highest BCUT2D eigenvalue weighted by Gasteiger charge is 2.19. The highest BCUT2D eigenvalue weighted by molar-refractivity contribution is 5.95. The van der Waals surface area contributed by atoms with Crippen molar-refractivity contribution in [2.75, 3.05) is 0 Å². The van der Waals surface area contributed by atoms with Crippen LogP contribution in [0.1, 0.15) is 23.0 Å². The Hall–Kier alpha value is -1.85. The highest BCUT2D eigenvalue weighted by atomic mass is 16.5. The first-order valence-corrected chi connectivity index (χ1v) is 3.97. The summed E-state index contributed by atoms with van der Waals surface area (Å²) in [4.78, 5) is 21.8. The number of aromatic nitrogens is 1. The number of carbonyl (C=O) groups excluding carboxylic acids is 1. The Balaban J connectivity index is 2.69. The number of carboxylic acids is 1. The normalized spacial score (nSPS) is 12.1. The zero-order valence-electron chi connectivity index (χ0n) is 7.77. The summed E-state index contributed by atoms with van der Waals surface area (Å²) in [6.45, 7) is 3.02. The summed E-state index contributed by atoms with van der Waals surface area (Å²) in [7, 11) is 0. The Morgan fingerprint density at radius 2 is 2.29 bits per heavy atom. The van der Waals surface area contributed by atoms with Gasteiger partial charge in [-0.05, 0) is 13.8 Å². The van der Waals surface area contributed by atoms with Crippen LogP contribution in [0.5, 0.6) is 0 Å². The maximum atomic E-state index is 11.3. The van der Waals surface area contributed by atoms with E-state index >= 15 is 0 Å². The van der Waals surface area contributed by atoms with E-state index in [1.54, 1.807) is 6.92 Å². The Bertz CT molecular complexity index is 358. The Morgan fingerprint density at radius 1 is 1.64 bits per heavy atom. The van der Waals surface area contributed by atoms with Crippen molar-refractivity contribution in [3.05, 3.63) is 17.5 Å². The molecule has 0 bridgehead atoms. The molecule has 6 heteroatoms. The Morgan fingerprint density at radius 3 is 2.71 bits per heavy atom. The zero-order valence-corrected chi connectivity index (χ0v) is 7.77. The van der Waals surface area contributed by atoms with Crippen molar-refractivity contribution in [2.45, 2.75) is 19.9 Å². The largest absolute Gasteiger partial charge is 0.480 e. The van der Waals surface area contributed by atoms with Crippen molar-refractivity contribution < 1.29 is 19.2 Å². The number of hydrogen-bond acceptors (Lipinski definition) is 4. The lowest BCUT2D eigenvalue weighted by atomic mass is 10.2. The fraction of sp³-hybridized carbons (Fsp3) is 0.375. The summed E-state index contributed by atoms with van der Waals surface area (Å²) in [5.41, 5.74) is 0.570. The first-order valence-electron chi connectivity index (χ1n) is 3.97. The lowest BCUT2D eigenvalue weighted by molar-refractivity contribution is -0.138. The molecule has 0 radical (unpaired) electrons. The van der Waals surface area contributed by atoms with Crippen LogP contribution in [0, 0.1) is 6.92 Å². The van der Waals surface area contributed by atoms with E-state index in [4.69, 9.17) is 5.11 Å². The average molecular weight is 198 g/mol. The molecule has 0 spiro atoms. The van der Waals surface area contributed by atoms with Gasteiger partial charge in [0.05, 0.1) is 6.20 Å². The molecule has 0 saturated carbocycles. The molecule has 1 atom stereocenters. The van der Waals surface area contributed by atoms with Crippen LogP contribution in [0.15, 0.2) is 10.7 Å². The van der Waals surface area contributed by atoms with Gasteiger partial charge in [0.2, 0.25) is 5.76 Å². The molecule has 6 nitrogen and oxygen atoms in total.